The fraction of sp³-hybridized carbons (Fsp3) is 0.455. The highest BCUT2D eigenvalue weighted by Crippen LogP contribution is 2.13. The Kier molecular flexibility index (Phi) is 6.14. The fourth-order valence-corrected chi connectivity index (χ4v) is 1.89. The monoisotopic (exact) mass is 306 g/mol. The Balaban J connectivity index is 2.21. The van der Waals surface area contributed by atoms with Gasteiger partial charge in [-0.15, -0.1) is 0 Å². The number of hydrogen-bond acceptors (Lipinski definition) is 2. The van der Waals surface area contributed by atoms with Crippen LogP contribution in [0.5, 0.6) is 0 Å². The normalized spacial score (nSPS) is 10.4. The van der Waals surface area contributed by atoms with E-state index in [1.807, 2.05) is 6.07 Å². The second-order valence-corrected chi connectivity index (χ2v) is 4.19. The summed E-state index contributed by atoms with van der Waals surface area (Å²) in [7, 11) is 0. The molecule has 0 amide bonds. The van der Waals surface area contributed by atoms with Crippen molar-refractivity contribution in [3.8, 4) is 0 Å². The number of hydrogen-bond donors (Lipinski definition) is 1. The van der Waals surface area contributed by atoms with Gasteiger partial charge in [0.2, 0.25) is 0 Å². The van der Waals surface area contributed by atoms with Gasteiger partial charge in [-0.2, -0.15) is 0 Å². The molecule has 1 N–H and O–H groups in total. The van der Waals surface area contributed by atoms with Crippen LogP contribution in [-0.2, 0) is 11.2 Å². The van der Waals surface area contributed by atoms with Crippen molar-refractivity contribution in [2.45, 2.75) is 12.8 Å². The first-order valence-corrected chi connectivity index (χ1v) is 5.84. The van der Waals surface area contributed by atoms with Crippen LogP contribution in [0.15, 0.2) is 24.3 Å². The van der Waals surface area contributed by atoms with Gasteiger partial charge >= 0.3 is 0 Å². The first-order chi connectivity index (χ1) is 6.84. The summed E-state index contributed by atoms with van der Waals surface area (Å²) in [6.45, 7) is 1.29. The van der Waals surface area contributed by atoms with Crippen LogP contribution in [0.2, 0.25) is 0 Å². The molecule has 0 unspecified atom stereocenters. The van der Waals surface area contributed by atoms with Crippen molar-refractivity contribution in [2.75, 3.05) is 19.8 Å². The van der Waals surface area contributed by atoms with Gasteiger partial charge in [0.15, 0.2) is 0 Å². The maximum absolute atomic E-state index is 8.50. The minimum Gasteiger partial charge on any atom is -0.394 e. The average molecular weight is 306 g/mol. The Morgan fingerprint density at radius 2 is 2.00 bits per heavy atom. The van der Waals surface area contributed by atoms with Gasteiger partial charge in [0, 0.05) is 10.2 Å². The Morgan fingerprint density at radius 1 is 1.21 bits per heavy atom. The molecule has 3 heteroatoms. The van der Waals surface area contributed by atoms with E-state index in [2.05, 4.69) is 40.8 Å². The van der Waals surface area contributed by atoms with E-state index in [0.717, 1.165) is 19.4 Å². The zero-order valence-corrected chi connectivity index (χ0v) is 10.2. The Bertz CT molecular complexity index is 263. The summed E-state index contributed by atoms with van der Waals surface area (Å²) in [6, 6.07) is 8.37. The molecule has 0 fully saturated rings. The molecular weight excluding hydrogens is 291 g/mol. The predicted octanol–water partition coefficient (Wildman–Crippen LogP) is 2.23. The largest absolute Gasteiger partial charge is 0.394 e. The first kappa shape index (κ1) is 11.9. The van der Waals surface area contributed by atoms with Crippen LogP contribution in [-0.4, -0.2) is 24.9 Å². The molecule has 14 heavy (non-hydrogen) atoms. The second-order valence-electron chi connectivity index (χ2n) is 3.03. The summed E-state index contributed by atoms with van der Waals surface area (Å²) in [5.74, 6) is 0. The third kappa shape index (κ3) is 4.39. The number of aliphatic hydroxyl groups is 1. The van der Waals surface area contributed by atoms with Gasteiger partial charge in [-0.25, -0.2) is 0 Å². The molecule has 0 atom stereocenters. The zero-order chi connectivity index (χ0) is 10.2. The first-order valence-electron chi connectivity index (χ1n) is 4.76. The molecule has 0 radical (unpaired) electrons. The van der Waals surface area contributed by atoms with Crippen molar-refractivity contribution in [1.82, 2.24) is 0 Å². The van der Waals surface area contributed by atoms with Crippen LogP contribution in [0.4, 0.5) is 0 Å². The predicted molar refractivity (Wildman–Crippen MR) is 65.4 cm³/mol. The molecule has 0 saturated carbocycles. The molecule has 0 spiro atoms. The summed E-state index contributed by atoms with van der Waals surface area (Å²) in [5.41, 5.74) is 1.38. The molecule has 2 nitrogen and oxygen atoms in total. The Morgan fingerprint density at radius 3 is 2.71 bits per heavy atom. The Labute approximate surface area is 98.4 Å². The zero-order valence-electron chi connectivity index (χ0n) is 8.08. The maximum Gasteiger partial charge on any atom is 0.0697 e. The van der Waals surface area contributed by atoms with Gasteiger partial charge in [-0.3, -0.25) is 0 Å². The van der Waals surface area contributed by atoms with Gasteiger partial charge in [-0.1, -0.05) is 18.2 Å². The lowest BCUT2D eigenvalue weighted by Gasteiger charge is -2.04. The lowest BCUT2D eigenvalue weighted by molar-refractivity contribution is 0.0908. The quantitative estimate of drug-likeness (QED) is 0.645. The molecule has 0 heterocycles. The fourth-order valence-electron chi connectivity index (χ4n) is 1.23. The maximum atomic E-state index is 8.50. The van der Waals surface area contributed by atoms with Crippen LogP contribution in [0.3, 0.4) is 0 Å². The van der Waals surface area contributed by atoms with Gasteiger partial charge in [0.05, 0.1) is 13.2 Å². The summed E-state index contributed by atoms with van der Waals surface area (Å²) in [4.78, 5) is 0. The standard InChI is InChI=1S/C11H15IO2/c12-11-6-2-1-4-10(11)5-3-8-14-9-7-13/h1-2,4,6,13H,3,5,7-9H2. The average Bonchev–Trinajstić information content (AvgIpc) is 2.20. The number of aryl methyl sites for hydroxylation is 1. The molecule has 1 aromatic carbocycles. The number of rotatable bonds is 6. The molecule has 1 aromatic rings. The molecule has 0 bridgehead atoms. The summed E-state index contributed by atoms with van der Waals surface area (Å²) >= 11 is 2.35. The smallest absolute Gasteiger partial charge is 0.0697 e. The molecule has 0 aliphatic carbocycles. The topological polar surface area (TPSA) is 29.5 Å². The summed E-state index contributed by atoms with van der Waals surface area (Å²) in [6.07, 6.45) is 2.06. The number of halogens is 1. The van der Waals surface area contributed by atoms with Gasteiger partial charge in [-0.05, 0) is 47.1 Å². The third-order valence-corrected chi connectivity index (χ3v) is 2.98. The van der Waals surface area contributed by atoms with Crippen LogP contribution < -0.4 is 0 Å². The van der Waals surface area contributed by atoms with Gasteiger partial charge < -0.3 is 9.84 Å². The van der Waals surface area contributed by atoms with Crippen molar-refractivity contribution >= 4 is 22.6 Å². The lowest BCUT2D eigenvalue weighted by atomic mass is 10.1. The summed E-state index contributed by atoms with van der Waals surface area (Å²) in [5, 5.41) is 8.50. The van der Waals surface area contributed by atoms with E-state index in [0.29, 0.717) is 6.61 Å². The number of ether oxygens (including phenoxy) is 1. The van der Waals surface area contributed by atoms with Gasteiger partial charge in [0.1, 0.15) is 0 Å². The second kappa shape index (κ2) is 7.20. The van der Waals surface area contributed by atoms with Gasteiger partial charge in [0.25, 0.3) is 0 Å². The van der Waals surface area contributed by atoms with Crippen LogP contribution in [0, 0.1) is 3.57 Å². The molecule has 0 saturated heterocycles. The van der Waals surface area contributed by atoms with E-state index in [9.17, 15) is 0 Å². The molecule has 0 aliphatic rings. The molecule has 0 aromatic heterocycles. The molecular formula is C11H15IO2. The third-order valence-electron chi connectivity index (χ3n) is 1.93. The summed E-state index contributed by atoms with van der Waals surface area (Å²) < 4.78 is 6.50. The van der Waals surface area contributed by atoms with E-state index >= 15 is 0 Å². The highest BCUT2D eigenvalue weighted by atomic mass is 127. The minimum absolute atomic E-state index is 0.114. The van der Waals surface area contributed by atoms with Crippen molar-refractivity contribution < 1.29 is 9.84 Å². The Hall–Kier alpha value is -0.130. The highest BCUT2D eigenvalue weighted by molar-refractivity contribution is 14.1. The van der Waals surface area contributed by atoms with Crippen molar-refractivity contribution in [3.05, 3.63) is 33.4 Å². The highest BCUT2D eigenvalue weighted by Gasteiger charge is 1.97. The van der Waals surface area contributed by atoms with Crippen LogP contribution >= 0.6 is 22.6 Å². The SMILES string of the molecule is OCCOCCCc1ccccc1I. The minimum atomic E-state index is 0.114. The van der Waals surface area contributed by atoms with E-state index in [-0.39, 0.29) is 6.61 Å². The molecule has 1 rings (SSSR count). The van der Waals surface area contributed by atoms with E-state index < -0.39 is 0 Å². The number of benzene rings is 1. The number of aliphatic hydroxyl groups excluding tert-OH is 1. The van der Waals surface area contributed by atoms with Crippen molar-refractivity contribution in [3.63, 3.8) is 0 Å². The molecule has 0 aliphatic heterocycles. The van der Waals surface area contributed by atoms with Crippen LogP contribution in [0.1, 0.15) is 12.0 Å². The van der Waals surface area contributed by atoms with Crippen molar-refractivity contribution in [2.24, 2.45) is 0 Å². The lowest BCUT2D eigenvalue weighted by Crippen LogP contribution is -2.02. The van der Waals surface area contributed by atoms with E-state index in [4.69, 9.17) is 9.84 Å². The van der Waals surface area contributed by atoms with E-state index in [1.54, 1.807) is 0 Å². The molecule has 78 valence electrons. The van der Waals surface area contributed by atoms with Crippen LogP contribution in [0.25, 0.3) is 0 Å². The van der Waals surface area contributed by atoms with Crippen molar-refractivity contribution in [1.29, 1.82) is 0 Å². The van der Waals surface area contributed by atoms with E-state index in [1.165, 1.54) is 9.13 Å².